The van der Waals surface area contributed by atoms with Crippen molar-refractivity contribution in [1.29, 1.82) is 0 Å². The van der Waals surface area contributed by atoms with Gasteiger partial charge in [0.25, 0.3) is 0 Å². The summed E-state index contributed by atoms with van der Waals surface area (Å²) in [5.41, 5.74) is 5.79. The number of carboxylic acids is 1. The molecular formula is C32H34N2O7S. The van der Waals surface area contributed by atoms with Gasteiger partial charge in [-0.25, -0.2) is 13.4 Å². The molecule has 2 atom stereocenters. The molecule has 2 aliphatic heterocycles. The number of hydrogen-bond acceptors (Lipinski definition) is 7. The first-order valence-corrected chi connectivity index (χ1v) is 16.3. The van der Waals surface area contributed by atoms with Crippen molar-refractivity contribution >= 4 is 26.8 Å². The molecule has 0 bridgehead atoms. The molecule has 0 saturated carbocycles. The van der Waals surface area contributed by atoms with Crippen molar-refractivity contribution in [3.05, 3.63) is 77.1 Å². The molecular weight excluding hydrogens is 556 g/mol. The molecule has 10 heteroatoms. The standard InChI is InChI=1S/C32H34N2O7S/c1-3-29-33-31-25(8-5-10-27(31)39-13-6-14-42(2,37)38)34(29)26-9-4-7-24-21(19-41-32(24)26)15-20-11-12-23-22(17-30(35)36)18-40-28(23)16-20/h4-5,7-12,16,21-22H,3,6,13-15,17-19H2,1-2H3,(H,35,36)/t21-,22-/m1/s1. The molecule has 0 radical (unpaired) electrons. The number of ether oxygens (including phenoxy) is 3. The molecule has 0 amide bonds. The number of aromatic nitrogens is 2. The van der Waals surface area contributed by atoms with Crippen LogP contribution < -0.4 is 14.2 Å². The number of aryl methyl sites for hydroxylation is 1. The van der Waals surface area contributed by atoms with E-state index in [0.29, 0.717) is 38.4 Å². The van der Waals surface area contributed by atoms with Gasteiger partial charge in [0.2, 0.25) is 0 Å². The van der Waals surface area contributed by atoms with E-state index in [1.807, 2.05) is 36.4 Å². The predicted octanol–water partition coefficient (Wildman–Crippen LogP) is 5.07. The van der Waals surface area contributed by atoms with E-state index in [4.69, 9.17) is 19.2 Å². The molecule has 220 valence electrons. The fourth-order valence-corrected chi connectivity index (χ4v) is 6.64. The zero-order chi connectivity index (χ0) is 29.4. The second-order valence-corrected chi connectivity index (χ2v) is 13.3. The number of hydrogen-bond donors (Lipinski definition) is 1. The summed E-state index contributed by atoms with van der Waals surface area (Å²) in [4.78, 5) is 16.1. The summed E-state index contributed by atoms with van der Waals surface area (Å²) >= 11 is 0. The molecule has 0 aliphatic carbocycles. The third-order valence-corrected chi connectivity index (χ3v) is 8.98. The smallest absolute Gasteiger partial charge is 0.304 e. The number of sulfone groups is 1. The van der Waals surface area contributed by atoms with Crippen molar-refractivity contribution in [1.82, 2.24) is 9.55 Å². The third-order valence-electron chi connectivity index (χ3n) is 7.95. The summed E-state index contributed by atoms with van der Waals surface area (Å²) in [5.74, 6) is 2.43. The van der Waals surface area contributed by atoms with Crippen molar-refractivity contribution in [2.24, 2.45) is 0 Å². The monoisotopic (exact) mass is 590 g/mol. The van der Waals surface area contributed by atoms with Gasteiger partial charge >= 0.3 is 5.97 Å². The van der Waals surface area contributed by atoms with Gasteiger partial charge in [0.15, 0.2) is 0 Å². The highest BCUT2D eigenvalue weighted by Crippen LogP contribution is 2.43. The van der Waals surface area contributed by atoms with Gasteiger partial charge in [-0.1, -0.05) is 37.3 Å². The highest BCUT2D eigenvalue weighted by molar-refractivity contribution is 7.90. The van der Waals surface area contributed by atoms with E-state index in [2.05, 4.69) is 29.7 Å². The van der Waals surface area contributed by atoms with Crippen LogP contribution >= 0.6 is 0 Å². The molecule has 42 heavy (non-hydrogen) atoms. The largest absolute Gasteiger partial charge is 0.493 e. The van der Waals surface area contributed by atoms with Crippen molar-refractivity contribution in [2.75, 3.05) is 31.8 Å². The molecule has 0 spiro atoms. The van der Waals surface area contributed by atoms with Crippen LogP contribution in [-0.2, 0) is 27.5 Å². The van der Waals surface area contributed by atoms with Crippen molar-refractivity contribution < 1.29 is 32.5 Å². The number of carboxylic acid groups (broad SMARTS) is 1. The molecule has 3 heterocycles. The molecule has 0 unspecified atom stereocenters. The van der Waals surface area contributed by atoms with Crippen LogP contribution in [-0.4, -0.2) is 60.9 Å². The SMILES string of the molecule is CCc1nc2c(OCCCS(C)(=O)=O)cccc2n1-c1cccc2c1OC[C@H]2Cc1ccc2c(c1)OC[C@H]2CC(=O)O. The Kier molecular flexibility index (Phi) is 7.57. The van der Waals surface area contributed by atoms with Crippen LogP contribution in [0.5, 0.6) is 17.2 Å². The van der Waals surface area contributed by atoms with E-state index in [0.717, 1.165) is 57.2 Å². The van der Waals surface area contributed by atoms with Gasteiger partial charge in [-0.05, 0) is 42.7 Å². The maximum Gasteiger partial charge on any atom is 0.304 e. The van der Waals surface area contributed by atoms with Gasteiger partial charge in [-0.3, -0.25) is 9.36 Å². The van der Waals surface area contributed by atoms with Crippen molar-refractivity contribution in [3.63, 3.8) is 0 Å². The summed E-state index contributed by atoms with van der Waals surface area (Å²) in [6.45, 7) is 3.30. The number of imidazole rings is 1. The van der Waals surface area contributed by atoms with Crippen LogP contribution in [0.3, 0.4) is 0 Å². The maximum atomic E-state index is 11.5. The molecule has 6 rings (SSSR count). The van der Waals surface area contributed by atoms with E-state index in [1.165, 1.54) is 6.26 Å². The number of benzene rings is 3. The Bertz CT molecular complexity index is 1760. The highest BCUT2D eigenvalue weighted by Gasteiger charge is 2.30. The van der Waals surface area contributed by atoms with Crippen molar-refractivity contribution in [2.45, 2.75) is 44.4 Å². The number of nitrogens with zero attached hydrogens (tertiary/aromatic N) is 2. The van der Waals surface area contributed by atoms with Crippen LogP contribution in [0.1, 0.15) is 54.1 Å². The Morgan fingerprint density at radius 1 is 1.07 bits per heavy atom. The quantitative estimate of drug-likeness (QED) is 0.241. The summed E-state index contributed by atoms with van der Waals surface area (Å²) in [5, 5.41) is 9.20. The molecule has 3 aromatic carbocycles. The Morgan fingerprint density at radius 3 is 2.67 bits per heavy atom. The van der Waals surface area contributed by atoms with Gasteiger partial charge in [0.1, 0.15) is 38.4 Å². The van der Waals surface area contributed by atoms with Gasteiger partial charge in [0.05, 0.1) is 43.2 Å². The lowest BCUT2D eigenvalue weighted by Crippen LogP contribution is -2.08. The lowest BCUT2D eigenvalue weighted by atomic mass is 9.91. The van der Waals surface area contributed by atoms with Gasteiger partial charge in [-0.2, -0.15) is 0 Å². The van der Waals surface area contributed by atoms with Crippen LogP contribution in [0.25, 0.3) is 16.7 Å². The molecule has 2 aliphatic rings. The first-order chi connectivity index (χ1) is 20.2. The van der Waals surface area contributed by atoms with E-state index in [9.17, 15) is 18.3 Å². The topological polar surface area (TPSA) is 117 Å². The van der Waals surface area contributed by atoms with E-state index in [1.54, 1.807) is 0 Å². The highest BCUT2D eigenvalue weighted by atomic mass is 32.2. The zero-order valence-corrected chi connectivity index (χ0v) is 24.5. The number of aliphatic carboxylic acids is 1. The molecule has 1 aromatic heterocycles. The molecule has 9 nitrogen and oxygen atoms in total. The summed E-state index contributed by atoms with van der Waals surface area (Å²) < 4.78 is 43.3. The number of rotatable bonds is 11. The van der Waals surface area contributed by atoms with Crippen molar-refractivity contribution in [3.8, 4) is 22.9 Å². The van der Waals surface area contributed by atoms with Crippen LogP contribution in [0.2, 0.25) is 0 Å². The minimum atomic E-state index is -3.04. The fraction of sp³-hybridized carbons (Fsp3) is 0.375. The Balaban J connectivity index is 1.27. The molecule has 1 N–H and O–H groups in total. The van der Waals surface area contributed by atoms with Gasteiger partial charge in [-0.15, -0.1) is 0 Å². The van der Waals surface area contributed by atoms with E-state index in [-0.39, 0.29) is 24.0 Å². The number of fused-ring (bicyclic) bond motifs is 3. The predicted molar refractivity (Wildman–Crippen MR) is 159 cm³/mol. The Morgan fingerprint density at radius 2 is 1.88 bits per heavy atom. The molecule has 4 aromatic rings. The van der Waals surface area contributed by atoms with Gasteiger partial charge < -0.3 is 19.3 Å². The normalized spacial score (nSPS) is 17.5. The average Bonchev–Trinajstić information content (AvgIpc) is 3.66. The molecule has 0 fully saturated rings. The average molecular weight is 591 g/mol. The Labute approximate surface area is 245 Å². The summed E-state index contributed by atoms with van der Waals surface area (Å²) in [6.07, 6.45) is 3.18. The third kappa shape index (κ3) is 5.55. The zero-order valence-electron chi connectivity index (χ0n) is 23.7. The lowest BCUT2D eigenvalue weighted by molar-refractivity contribution is -0.137. The lowest BCUT2D eigenvalue weighted by Gasteiger charge is -2.14. The number of carbonyl (C=O) groups is 1. The second-order valence-electron chi connectivity index (χ2n) is 11.1. The van der Waals surface area contributed by atoms with Gasteiger partial charge in [0, 0.05) is 35.6 Å². The van der Waals surface area contributed by atoms with E-state index < -0.39 is 15.8 Å². The second kappa shape index (κ2) is 11.3. The summed E-state index contributed by atoms with van der Waals surface area (Å²) in [7, 11) is -3.04. The van der Waals surface area contributed by atoms with Crippen LogP contribution in [0.4, 0.5) is 0 Å². The molecule has 0 saturated heterocycles. The Hall–Kier alpha value is -4.05. The van der Waals surface area contributed by atoms with Crippen LogP contribution in [0.15, 0.2) is 54.6 Å². The number of para-hydroxylation sites is 2. The fourth-order valence-electron chi connectivity index (χ4n) is 6.00. The minimum absolute atomic E-state index is 0.0679. The minimum Gasteiger partial charge on any atom is -0.493 e. The maximum absolute atomic E-state index is 11.5. The van der Waals surface area contributed by atoms with E-state index >= 15 is 0 Å². The van der Waals surface area contributed by atoms with Crippen LogP contribution in [0, 0.1) is 0 Å². The summed E-state index contributed by atoms with van der Waals surface area (Å²) in [6, 6.07) is 18.1. The first kappa shape index (κ1) is 28.1. The first-order valence-electron chi connectivity index (χ1n) is 14.3.